The van der Waals surface area contributed by atoms with Gasteiger partial charge < -0.3 is 14.7 Å². The molecular weight excluding hydrogens is 456 g/mol. The Bertz CT molecular complexity index is 1290. The maximum atomic E-state index is 13.7. The third-order valence-electron chi connectivity index (χ3n) is 6.37. The molecule has 192 valence electrons. The van der Waals surface area contributed by atoms with Crippen LogP contribution in [-0.4, -0.2) is 53.1 Å². The Morgan fingerprint density at radius 2 is 1.75 bits per heavy atom. The molecule has 0 radical (unpaired) electrons. The number of hydrogen-bond acceptors (Lipinski definition) is 5. The Kier molecular flexibility index (Phi) is 8.35. The molecule has 0 bridgehead atoms. The molecule has 0 amide bonds. The van der Waals surface area contributed by atoms with Gasteiger partial charge in [-0.05, 0) is 63.2 Å². The van der Waals surface area contributed by atoms with E-state index in [1.807, 2.05) is 78.3 Å². The first kappa shape index (κ1) is 27.1. The van der Waals surface area contributed by atoms with Crippen LogP contribution in [0.2, 0.25) is 0 Å². The third kappa shape index (κ3) is 6.40. The fourth-order valence-electron chi connectivity index (χ4n) is 4.81. The summed E-state index contributed by atoms with van der Waals surface area (Å²) in [5.41, 5.74) is 3.97. The smallest absolute Gasteiger partial charge is 0.311 e. The summed E-state index contributed by atoms with van der Waals surface area (Å²) >= 11 is 0. The van der Waals surface area contributed by atoms with Crippen LogP contribution in [-0.2, 0) is 21.4 Å². The number of esters is 1. The summed E-state index contributed by atoms with van der Waals surface area (Å²) in [7, 11) is 4.06. The lowest BCUT2D eigenvalue weighted by Crippen LogP contribution is -2.27. The van der Waals surface area contributed by atoms with E-state index in [9.17, 15) is 14.4 Å². The van der Waals surface area contributed by atoms with E-state index in [4.69, 9.17) is 9.84 Å². The zero-order chi connectivity index (χ0) is 26.6. The Hall–Kier alpha value is -3.45. The number of hydrogen-bond donors (Lipinski definition) is 1. The van der Waals surface area contributed by atoms with Gasteiger partial charge in [0.05, 0.1) is 18.4 Å². The molecule has 7 nitrogen and oxygen atoms in total. The van der Waals surface area contributed by atoms with Crippen molar-refractivity contribution in [3.63, 3.8) is 0 Å². The number of para-hydroxylation sites is 1. The molecule has 7 heteroatoms. The predicted octanol–water partition coefficient (Wildman–Crippen LogP) is 5.14. The first-order valence-corrected chi connectivity index (χ1v) is 12.2. The second-order valence-corrected chi connectivity index (χ2v) is 10.4. The molecule has 1 N–H and O–H groups in total. The standard InChI is InChI=1S/C29H36N2O5/c1-19-15-20(2)28(24(16-19)36-27(35)12-11-26(33)34)29(3,4)17-25(32)31-18-21(13-14-30(5)6)22-9-7-8-10-23(22)31/h7-10,15-16,18H,11-14,17H2,1-6H3,(H,33,34). The number of ether oxygens (including phenoxy) is 1. The number of likely N-dealkylation sites (N-methyl/N-ethyl adjacent to an activating group) is 1. The van der Waals surface area contributed by atoms with E-state index in [1.165, 1.54) is 0 Å². The Morgan fingerprint density at radius 3 is 2.42 bits per heavy atom. The minimum Gasteiger partial charge on any atom is -0.481 e. The molecule has 2 aromatic carbocycles. The number of aliphatic carboxylic acids is 1. The normalized spacial score (nSPS) is 11.8. The average molecular weight is 493 g/mol. The van der Waals surface area contributed by atoms with Crippen molar-refractivity contribution in [2.75, 3.05) is 20.6 Å². The topological polar surface area (TPSA) is 88.8 Å². The maximum Gasteiger partial charge on any atom is 0.311 e. The van der Waals surface area contributed by atoms with Crippen molar-refractivity contribution in [1.82, 2.24) is 9.47 Å². The number of aryl methyl sites for hydroxylation is 2. The largest absolute Gasteiger partial charge is 0.481 e. The highest BCUT2D eigenvalue weighted by molar-refractivity contribution is 5.95. The molecule has 3 rings (SSSR count). The quantitative estimate of drug-likeness (QED) is 0.311. The summed E-state index contributed by atoms with van der Waals surface area (Å²) in [5, 5.41) is 9.97. The minimum absolute atomic E-state index is 0.0459. The highest BCUT2D eigenvalue weighted by atomic mass is 16.5. The van der Waals surface area contributed by atoms with E-state index in [0.717, 1.165) is 46.1 Å². The lowest BCUT2D eigenvalue weighted by atomic mass is 9.78. The molecule has 0 aliphatic carbocycles. The molecule has 0 unspecified atom stereocenters. The summed E-state index contributed by atoms with van der Waals surface area (Å²) in [6.45, 7) is 8.66. The fraction of sp³-hybridized carbons (Fsp3) is 0.414. The summed E-state index contributed by atoms with van der Waals surface area (Å²) in [6, 6.07) is 11.7. The van der Waals surface area contributed by atoms with E-state index in [1.54, 1.807) is 10.6 Å². The first-order chi connectivity index (χ1) is 16.9. The van der Waals surface area contributed by atoms with Crippen LogP contribution in [0, 0.1) is 13.8 Å². The van der Waals surface area contributed by atoms with Gasteiger partial charge in [0.25, 0.3) is 0 Å². The number of carbonyl (C=O) groups excluding carboxylic acids is 2. The van der Waals surface area contributed by atoms with E-state index in [0.29, 0.717) is 5.75 Å². The van der Waals surface area contributed by atoms with Gasteiger partial charge in [-0.2, -0.15) is 0 Å². The van der Waals surface area contributed by atoms with Gasteiger partial charge in [-0.1, -0.05) is 38.1 Å². The monoisotopic (exact) mass is 492 g/mol. The lowest BCUT2D eigenvalue weighted by molar-refractivity contribution is -0.142. The average Bonchev–Trinajstić information content (AvgIpc) is 3.14. The van der Waals surface area contributed by atoms with Crippen molar-refractivity contribution in [2.45, 2.75) is 58.8 Å². The minimum atomic E-state index is -1.05. The van der Waals surface area contributed by atoms with Crippen LogP contribution in [0.3, 0.4) is 0 Å². The third-order valence-corrected chi connectivity index (χ3v) is 6.37. The van der Waals surface area contributed by atoms with Crippen LogP contribution >= 0.6 is 0 Å². The highest BCUT2D eigenvalue weighted by Gasteiger charge is 2.31. The summed E-state index contributed by atoms with van der Waals surface area (Å²) in [6.07, 6.45) is 2.47. The fourth-order valence-corrected chi connectivity index (χ4v) is 4.81. The van der Waals surface area contributed by atoms with Crippen molar-refractivity contribution in [3.8, 4) is 5.75 Å². The number of fused-ring (bicyclic) bond motifs is 1. The first-order valence-electron chi connectivity index (χ1n) is 12.2. The molecule has 0 aliphatic heterocycles. The predicted molar refractivity (Wildman–Crippen MR) is 141 cm³/mol. The molecule has 0 saturated carbocycles. The maximum absolute atomic E-state index is 13.7. The van der Waals surface area contributed by atoms with Crippen LogP contribution in [0.1, 0.15) is 60.2 Å². The van der Waals surface area contributed by atoms with Crippen molar-refractivity contribution in [3.05, 3.63) is 64.8 Å². The Morgan fingerprint density at radius 1 is 1.06 bits per heavy atom. The zero-order valence-corrected chi connectivity index (χ0v) is 22.1. The highest BCUT2D eigenvalue weighted by Crippen LogP contribution is 2.39. The van der Waals surface area contributed by atoms with Crippen LogP contribution in [0.25, 0.3) is 10.9 Å². The number of aromatic nitrogens is 1. The molecule has 0 spiro atoms. The Labute approximate surface area is 212 Å². The number of benzene rings is 2. The van der Waals surface area contributed by atoms with Crippen molar-refractivity contribution < 1.29 is 24.2 Å². The molecule has 36 heavy (non-hydrogen) atoms. The van der Waals surface area contributed by atoms with Gasteiger partial charge in [-0.3, -0.25) is 19.0 Å². The van der Waals surface area contributed by atoms with Gasteiger partial charge in [0.15, 0.2) is 0 Å². The number of rotatable bonds is 10. The zero-order valence-electron chi connectivity index (χ0n) is 22.1. The number of carboxylic acid groups (broad SMARTS) is 1. The second-order valence-electron chi connectivity index (χ2n) is 10.4. The summed E-state index contributed by atoms with van der Waals surface area (Å²) in [4.78, 5) is 39.0. The van der Waals surface area contributed by atoms with E-state index in [-0.39, 0.29) is 25.2 Å². The Balaban J connectivity index is 1.93. The summed E-state index contributed by atoms with van der Waals surface area (Å²) in [5.74, 6) is -1.32. The molecule has 0 aliphatic rings. The van der Waals surface area contributed by atoms with Crippen molar-refractivity contribution in [2.24, 2.45) is 0 Å². The molecular formula is C29H36N2O5. The van der Waals surface area contributed by atoms with Gasteiger partial charge >= 0.3 is 11.9 Å². The van der Waals surface area contributed by atoms with E-state index < -0.39 is 17.4 Å². The molecule has 3 aromatic rings. The van der Waals surface area contributed by atoms with Gasteiger partial charge in [-0.15, -0.1) is 0 Å². The number of carbonyl (C=O) groups is 3. The van der Waals surface area contributed by atoms with Crippen LogP contribution in [0.4, 0.5) is 0 Å². The molecule has 1 aromatic heterocycles. The molecule has 0 atom stereocenters. The lowest BCUT2D eigenvalue weighted by Gasteiger charge is -2.29. The van der Waals surface area contributed by atoms with Crippen LogP contribution in [0.5, 0.6) is 5.75 Å². The summed E-state index contributed by atoms with van der Waals surface area (Å²) < 4.78 is 7.38. The van der Waals surface area contributed by atoms with Gasteiger partial charge in [0, 0.05) is 35.5 Å². The molecule has 1 heterocycles. The number of nitrogens with zero attached hydrogens (tertiary/aromatic N) is 2. The van der Waals surface area contributed by atoms with Crippen molar-refractivity contribution in [1.29, 1.82) is 0 Å². The van der Waals surface area contributed by atoms with Crippen LogP contribution in [0.15, 0.2) is 42.6 Å². The van der Waals surface area contributed by atoms with E-state index in [2.05, 4.69) is 4.90 Å². The van der Waals surface area contributed by atoms with Gasteiger partial charge in [0.2, 0.25) is 5.91 Å². The second kappa shape index (κ2) is 11.1. The van der Waals surface area contributed by atoms with Crippen LogP contribution < -0.4 is 4.74 Å². The number of carboxylic acids is 1. The van der Waals surface area contributed by atoms with Crippen molar-refractivity contribution >= 4 is 28.7 Å². The molecule has 0 fully saturated rings. The van der Waals surface area contributed by atoms with Gasteiger partial charge in [0.1, 0.15) is 5.75 Å². The van der Waals surface area contributed by atoms with E-state index >= 15 is 0 Å². The van der Waals surface area contributed by atoms with Gasteiger partial charge in [-0.25, -0.2) is 0 Å². The SMILES string of the molecule is Cc1cc(C)c(C(C)(C)CC(=O)n2cc(CCN(C)C)c3ccccc32)c(OC(=O)CCC(=O)O)c1. The molecule has 0 saturated heterocycles.